The van der Waals surface area contributed by atoms with Crippen LogP contribution >= 0.6 is 39.1 Å². The third-order valence-corrected chi connectivity index (χ3v) is 4.04. The SMILES string of the molecule is CC(Nc1cccnc1Br)c1cccc(Cl)c1Cl. The van der Waals surface area contributed by atoms with E-state index in [9.17, 15) is 0 Å². The minimum Gasteiger partial charge on any atom is -0.376 e. The second-order valence-electron chi connectivity index (χ2n) is 3.85. The van der Waals surface area contributed by atoms with Gasteiger partial charge in [0, 0.05) is 6.20 Å². The highest BCUT2D eigenvalue weighted by Crippen LogP contribution is 2.32. The summed E-state index contributed by atoms with van der Waals surface area (Å²) in [5.41, 5.74) is 1.88. The van der Waals surface area contributed by atoms with Crippen LogP contribution in [-0.2, 0) is 0 Å². The van der Waals surface area contributed by atoms with Crippen LogP contribution < -0.4 is 5.32 Å². The van der Waals surface area contributed by atoms with E-state index in [-0.39, 0.29) is 6.04 Å². The summed E-state index contributed by atoms with van der Waals surface area (Å²) in [4.78, 5) is 4.16. The van der Waals surface area contributed by atoms with Gasteiger partial charge in [0.25, 0.3) is 0 Å². The van der Waals surface area contributed by atoms with Crippen LogP contribution in [0.25, 0.3) is 0 Å². The van der Waals surface area contributed by atoms with Crippen molar-refractivity contribution in [2.24, 2.45) is 0 Å². The summed E-state index contributed by atoms with van der Waals surface area (Å²) in [6, 6.07) is 9.48. The van der Waals surface area contributed by atoms with Gasteiger partial charge in [0.05, 0.1) is 21.8 Å². The molecule has 94 valence electrons. The van der Waals surface area contributed by atoms with Crippen molar-refractivity contribution in [3.05, 3.63) is 56.7 Å². The number of hydrogen-bond acceptors (Lipinski definition) is 2. The Morgan fingerprint density at radius 2 is 2.00 bits per heavy atom. The lowest BCUT2D eigenvalue weighted by Gasteiger charge is -2.18. The molecule has 0 spiro atoms. The summed E-state index contributed by atoms with van der Waals surface area (Å²) in [7, 11) is 0. The molecule has 1 atom stereocenters. The number of nitrogens with zero attached hydrogens (tertiary/aromatic N) is 1. The van der Waals surface area contributed by atoms with Gasteiger partial charge in [0.1, 0.15) is 4.60 Å². The molecule has 5 heteroatoms. The van der Waals surface area contributed by atoms with E-state index in [4.69, 9.17) is 23.2 Å². The first-order valence-corrected chi connectivity index (χ1v) is 6.95. The summed E-state index contributed by atoms with van der Waals surface area (Å²) < 4.78 is 0.773. The number of benzene rings is 1. The van der Waals surface area contributed by atoms with Crippen molar-refractivity contribution in [2.75, 3.05) is 5.32 Å². The molecule has 0 amide bonds. The Balaban J connectivity index is 2.25. The van der Waals surface area contributed by atoms with Crippen molar-refractivity contribution < 1.29 is 0 Å². The zero-order valence-corrected chi connectivity index (χ0v) is 12.7. The van der Waals surface area contributed by atoms with Crippen molar-refractivity contribution in [2.45, 2.75) is 13.0 Å². The van der Waals surface area contributed by atoms with Crippen LogP contribution in [0.3, 0.4) is 0 Å². The molecule has 0 aliphatic carbocycles. The molecule has 1 aromatic carbocycles. The minimum absolute atomic E-state index is 0.0386. The number of nitrogens with one attached hydrogen (secondary N) is 1. The number of halogens is 3. The molecule has 1 unspecified atom stereocenters. The maximum Gasteiger partial charge on any atom is 0.129 e. The molecule has 0 radical (unpaired) electrons. The second kappa shape index (κ2) is 5.91. The Bertz CT molecular complexity index is 560. The quantitative estimate of drug-likeness (QED) is 0.761. The van der Waals surface area contributed by atoms with Gasteiger partial charge in [-0.3, -0.25) is 0 Å². The van der Waals surface area contributed by atoms with Gasteiger partial charge in [0.15, 0.2) is 0 Å². The normalized spacial score (nSPS) is 12.2. The number of aromatic nitrogens is 1. The van der Waals surface area contributed by atoms with Crippen LogP contribution in [0.2, 0.25) is 10.0 Å². The Hall–Kier alpha value is -0.770. The first-order valence-electron chi connectivity index (χ1n) is 5.40. The number of rotatable bonds is 3. The highest BCUT2D eigenvalue weighted by atomic mass is 79.9. The first-order chi connectivity index (χ1) is 8.59. The summed E-state index contributed by atoms with van der Waals surface area (Å²) in [6.45, 7) is 2.02. The van der Waals surface area contributed by atoms with Crippen molar-refractivity contribution in [3.8, 4) is 0 Å². The molecule has 2 aromatic rings. The van der Waals surface area contributed by atoms with Crippen LogP contribution in [0.4, 0.5) is 5.69 Å². The number of pyridine rings is 1. The van der Waals surface area contributed by atoms with E-state index in [1.807, 2.05) is 31.2 Å². The van der Waals surface area contributed by atoms with E-state index in [1.54, 1.807) is 12.3 Å². The van der Waals surface area contributed by atoms with Crippen LogP contribution in [0.1, 0.15) is 18.5 Å². The Labute approximate surface area is 124 Å². The summed E-state index contributed by atoms with van der Waals surface area (Å²) in [5.74, 6) is 0. The van der Waals surface area contributed by atoms with Gasteiger partial charge in [-0.25, -0.2) is 4.98 Å². The molecule has 0 fully saturated rings. The predicted octanol–water partition coefficient (Wildman–Crippen LogP) is 5.32. The van der Waals surface area contributed by atoms with E-state index in [0.717, 1.165) is 15.9 Å². The highest BCUT2D eigenvalue weighted by Gasteiger charge is 2.12. The maximum atomic E-state index is 6.19. The molecule has 1 N–H and O–H groups in total. The zero-order chi connectivity index (χ0) is 13.1. The molecule has 2 nitrogen and oxygen atoms in total. The fourth-order valence-corrected chi connectivity index (χ4v) is 2.50. The average molecular weight is 346 g/mol. The molecule has 2 rings (SSSR count). The molecule has 0 saturated carbocycles. The summed E-state index contributed by atoms with van der Waals surface area (Å²) >= 11 is 15.6. The molecule has 0 aliphatic rings. The van der Waals surface area contributed by atoms with Crippen LogP contribution in [0.15, 0.2) is 41.1 Å². The topological polar surface area (TPSA) is 24.9 Å². The Kier molecular flexibility index (Phi) is 4.49. The van der Waals surface area contributed by atoms with Crippen molar-refractivity contribution in [1.29, 1.82) is 0 Å². The molecular formula is C13H11BrCl2N2. The van der Waals surface area contributed by atoms with E-state index >= 15 is 0 Å². The van der Waals surface area contributed by atoms with Gasteiger partial charge < -0.3 is 5.32 Å². The maximum absolute atomic E-state index is 6.19. The minimum atomic E-state index is 0.0386. The standard InChI is InChI=1S/C13H11BrCl2N2/c1-8(9-4-2-5-10(15)12(9)16)18-11-6-3-7-17-13(11)14/h2-8,18H,1H3. The molecule has 0 saturated heterocycles. The molecule has 1 aromatic heterocycles. The van der Waals surface area contributed by atoms with Crippen LogP contribution in [-0.4, -0.2) is 4.98 Å². The zero-order valence-electron chi connectivity index (χ0n) is 9.62. The highest BCUT2D eigenvalue weighted by molar-refractivity contribution is 9.10. The fourth-order valence-electron chi connectivity index (χ4n) is 1.66. The molecule has 18 heavy (non-hydrogen) atoms. The van der Waals surface area contributed by atoms with Crippen molar-refractivity contribution in [3.63, 3.8) is 0 Å². The van der Waals surface area contributed by atoms with Gasteiger partial charge in [-0.15, -0.1) is 0 Å². The van der Waals surface area contributed by atoms with Gasteiger partial charge in [-0.05, 0) is 46.6 Å². The van der Waals surface area contributed by atoms with Crippen molar-refractivity contribution in [1.82, 2.24) is 4.98 Å². The average Bonchev–Trinajstić information content (AvgIpc) is 2.35. The second-order valence-corrected chi connectivity index (χ2v) is 5.39. The van der Waals surface area contributed by atoms with E-state index in [2.05, 4.69) is 26.2 Å². The van der Waals surface area contributed by atoms with E-state index in [1.165, 1.54) is 0 Å². The first kappa shape index (κ1) is 13.7. The number of anilines is 1. The molecule has 1 heterocycles. The van der Waals surface area contributed by atoms with Gasteiger partial charge in [-0.2, -0.15) is 0 Å². The van der Waals surface area contributed by atoms with Gasteiger partial charge >= 0.3 is 0 Å². The molecule has 0 aliphatic heterocycles. The monoisotopic (exact) mass is 344 g/mol. The largest absolute Gasteiger partial charge is 0.376 e. The van der Waals surface area contributed by atoms with Crippen LogP contribution in [0.5, 0.6) is 0 Å². The summed E-state index contributed by atoms with van der Waals surface area (Å²) in [5, 5.41) is 4.49. The summed E-state index contributed by atoms with van der Waals surface area (Å²) in [6.07, 6.45) is 1.73. The Morgan fingerprint density at radius 3 is 2.72 bits per heavy atom. The van der Waals surface area contributed by atoms with E-state index in [0.29, 0.717) is 10.0 Å². The Morgan fingerprint density at radius 1 is 1.22 bits per heavy atom. The third-order valence-electron chi connectivity index (χ3n) is 2.58. The van der Waals surface area contributed by atoms with Gasteiger partial charge in [-0.1, -0.05) is 35.3 Å². The molecular weight excluding hydrogens is 335 g/mol. The van der Waals surface area contributed by atoms with Crippen molar-refractivity contribution >= 4 is 44.8 Å². The van der Waals surface area contributed by atoms with E-state index < -0.39 is 0 Å². The lowest BCUT2D eigenvalue weighted by molar-refractivity contribution is 0.881. The fraction of sp³-hybridized carbons (Fsp3) is 0.154. The predicted molar refractivity (Wildman–Crippen MR) is 80.4 cm³/mol. The smallest absolute Gasteiger partial charge is 0.129 e. The number of hydrogen-bond donors (Lipinski definition) is 1. The lowest BCUT2D eigenvalue weighted by Crippen LogP contribution is -2.08. The van der Waals surface area contributed by atoms with Gasteiger partial charge in [0.2, 0.25) is 0 Å². The molecule has 0 bridgehead atoms. The third kappa shape index (κ3) is 2.97. The van der Waals surface area contributed by atoms with Crippen LogP contribution in [0, 0.1) is 0 Å². The lowest BCUT2D eigenvalue weighted by atomic mass is 10.1.